The van der Waals surface area contributed by atoms with Gasteiger partial charge < -0.3 is 48.5 Å². The highest BCUT2D eigenvalue weighted by Crippen LogP contribution is 2.45. The fraction of sp³-hybridized carbons (Fsp3) is 0.564. The quantitative estimate of drug-likeness (QED) is 0.219. The topological polar surface area (TPSA) is 149 Å². The van der Waals surface area contributed by atoms with Gasteiger partial charge in [-0.15, -0.1) is 0 Å². The number of carbonyl (C=O) groups is 3. The zero-order valence-electron chi connectivity index (χ0n) is 30.7. The van der Waals surface area contributed by atoms with Crippen molar-refractivity contribution < 1.29 is 52.3 Å². The Bertz CT molecular complexity index is 1600. The molecular formula is C39H50N2O11. The first-order valence-corrected chi connectivity index (χ1v) is 17.8. The van der Waals surface area contributed by atoms with Gasteiger partial charge >= 0.3 is 12.1 Å². The number of carbonyl (C=O) groups excluding carboxylic acids is 3. The Morgan fingerprint density at radius 1 is 0.827 bits per heavy atom. The number of benzene rings is 2. The minimum Gasteiger partial charge on any atom is -0.460 e. The van der Waals surface area contributed by atoms with E-state index < -0.39 is 66.0 Å². The van der Waals surface area contributed by atoms with Crippen LogP contribution in [-0.4, -0.2) is 98.3 Å². The Balaban J connectivity index is 1.05. The fourth-order valence-electron chi connectivity index (χ4n) is 7.39. The van der Waals surface area contributed by atoms with E-state index in [2.05, 4.69) is 17.2 Å². The molecule has 0 radical (unpaired) electrons. The molecule has 0 spiro atoms. The molecular weight excluding hydrogens is 672 g/mol. The summed E-state index contributed by atoms with van der Waals surface area (Å²) in [6.07, 6.45) is -2.18. The molecule has 13 heteroatoms. The number of fused-ring (bicyclic) bond motifs is 3. The average Bonchev–Trinajstić information content (AvgIpc) is 3.82. The molecule has 13 nitrogen and oxygen atoms in total. The Hall–Kier alpha value is -3.85. The number of nitrogens with one attached hydrogen (secondary N) is 2. The molecule has 1 aliphatic carbocycles. The van der Waals surface area contributed by atoms with E-state index in [4.69, 9.17) is 37.9 Å². The van der Waals surface area contributed by atoms with Crippen LogP contribution >= 0.6 is 0 Å². The number of amides is 2. The van der Waals surface area contributed by atoms with Crippen molar-refractivity contribution in [1.82, 2.24) is 10.6 Å². The van der Waals surface area contributed by atoms with Crippen LogP contribution < -0.4 is 10.6 Å². The maximum absolute atomic E-state index is 13.2. The molecule has 3 heterocycles. The summed E-state index contributed by atoms with van der Waals surface area (Å²) in [5.41, 5.74) is 4.33. The molecule has 4 aliphatic rings. The minimum absolute atomic E-state index is 0.0341. The summed E-state index contributed by atoms with van der Waals surface area (Å²) >= 11 is 0. The summed E-state index contributed by atoms with van der Waals surface area (Å²) in [7, 11) is 0. The normalized spacial score (nSPS) is 27.3. The summed E-state index contributed by atoms with van der Waals surface area (Å²) < 4.78 is 47.9. The highest BCUT2D eigenvalue weighted by molar-refractivity contribution is 5.83. The van der Waals surface area contributed by atoms with Crippen molar-refractivity contribution in [2.45, 2.75) is 114 Å². The third kappa shape index (κ3) is 8.67. The van der Waals surface area contributed by atoms with E-state index in [0.717, 1.165) is 22.3 Å². The van der Waals surface area contributed by atoms with E-state index in [1.807, 2.05) is 76.2 Å². The van der Waals surface area contributed by atoms with Gasteiger partial charge in [-0.3, -0.25) is 4.79 Å². The maximum atomic E-state index is 13.2. The lowest BCUT2D eigenvalue weighted by molar-refractivity contribution is -0.178. The van der Waals surface area contributed by atoms with Crippen LogP contribution in [0, 0.1) is 0 Å². The molecule has 0 saturated carbocycles. The van der Waals surface area contributed by atoms with Gasteiger partial charge in [0.1, 0.15) is 49.8 Å². The second-order valence-corrected chi connectivity index (χ2v) is 14.9. The van der Waals surface area contributed by atoms with Crippen molar-refractivity contribution in [3.8, 4) is 11.1 Å². The third-order valence-corrected chi connectivity index (χ3v) is 9.53. The van der Waals surface area contributed by atoms with Crippen LogP contribution in [0.1, 0.15) is 71.4 Å². The molecule has 2 amide bonds. The summed E-state index contributed by atoms with van der Waals surface area (Å²) in [6.45, 7) is 15.0. The summed E-state index contributed by atoms with van der Waals surface area (Å²) in [4.78, 5) is 39.2. The predicted octanol–water partition coefficient (Wildman–Crippen LogP) is 4.71. The zero-order chi connectivity index (χ0) is 37.3. The minimum atomic E-state index is -1.14. The molecule has 2 aromatic carbocycles. The van der Waals surface area contributed by atoms with Crippen LogP contribution in [0.15, 0.2) is 61.2 Å². The van der Waals surface area contributed by atoms with Crippen molar-refractivity contribution >= 4 is 18.0 Å². The molecule has 2 N–H and O–H groups in total. The Morgan fingerprint density at radius 3 is 2.08 bits per heavy atom. The summed E-state index contributed by atoms with van der Waals surface area (Å²) in [5.74, 6) is -3.85. The number of ether oxygens (including phenoxy) is 8. The van der Waals surface area contributed by atoms with Crippen molar-refractivity contribution in [2.24, 2.45) is 0 Å². The van der Waals surface area contributed by atoms with Crippen molar-refractivity contribution in [2.75, 3.05) is 26.4 Å². The van der Waals surface area contributed by atoms with Crippen LogP contribution in [0.4, 0.5) is 4.79 Å². The average molecular weight is 723 g/mol. The molecule has 3 aliphatic heterocycles. The molecule has 6 rings (SSSR count). The zero-order valence-corrected chi connectivity index (χ0v) is 30.7. The van der Waals surface area contributed by atoms with Gasteiger partial charge in [0, 0.05) is 18.9 Å². The van der Waals surface area contributed by atoms with Crippen LogP contribution in [0.5, 0.6) is 0 Å². The lowest BCUT2D eigenvalue weighted by atomic mass is 9.98. The Morgan fingerprint density at radius 2 is 1.44 bits per heavy atom. The van der Waals surface area contributed by atoms with Gasteiger partial charge in [0.25, 0.3) is 0 Å². The number of alkyl carbamates (subject to hydrolysis) is 1. The van der Waals surface area contributed by atoms with Gasteiger partial charge in [-0.2, -0.15) is 0 Å². The Labute approximate surface area is 304 Å². The summed E-state index contributed by atoms with van der Waals surface area (Å²) in [6, 6.07) is 14.9. The van der Waals surface area contributed by atoms with Gasteiger partial charge in [-0.25, -0.2) is 9.59 Å². The van der Waals surface area contributed by atoms with E-state index in [9.17, 15) is 14.4 Å². The van der Waals surface area contributed by atoms with E-state index in [1.54, 1.807) is 13.8 Å². The predicted molar refractivity (Wildman–Crippen MR) is 188 cm³/mol. The van der Waals surface area contributed by atoms with Crippen LogP contribution in [0.25, 0.3) is 11.1 Å². The maximum Gasteiger partial charge on any atom is 0.407 e. The molecule has 0 bridgehead atoms. The lowest BCUT2D eigenvalue weighted by Crippen LogP contribution is -2.50. The molecule has 6 unspecified atom stereocenters. The van der Waals surface area contributed by atoms with E-state index >= 15 is 0 Å². The molecule has 0 aromatic heterocycles. The van der Waals surface area contributed by atoms with Crippen molar-refractivity contribution in [1.29, 1.82) is 0 Å². The molecule has 52 heavy (non-hydrogen) atoms. The summed E-state index contributed by atoms with van der Waals surface area (Å²) in [5, 5.41) is 5.50. The number of rotatable bonds is 13. The highest BCUT2D eigenvalue weighted by Gasteiger charge is 2.57. The van der Waals surface area contributed by atoms with E-state index in [-0.39, 0.29) is 44.4 Å². The number of hydrogen-bond acceptors (Lipinski definition) is 11. The van der Waals surface area contributed by atoms with Crippen LogP contribution in [-0.2, 0) is 47.5 Å². The third-order valence-electron chi connectivity index (χ3n) is 9.53. The number of esters is 1. The van der Waals surface area contributed by atoms with Crippen molar-refractivity contribution in [3.05, 3.63) is 72.3 Å². The first-order chi connectivity index (χ1) is 24.7. The van der Waals surface area contributed by atoms with Crippen molar-refractivity contribution in [3.63, 3.8) is 0 Å². The first-order valence-electron chi connectivity index (χ1n) is 17.8. The molecule has 3 fully saturated rings. The van der Waals surface area contributed by atoms with Crippen LogP contribution in [0.2, 0.25) is 0 Å². The van der Waals surface area contributed by atoms with E-state index in [0.29, 0.717) is 6.61 Å². The van der Waals surface area contributed by atoms with Crippen LogP contribution in [0.3, 0.4) is 0 Å². The lowest BCUT2D eigenvalue weighted by Gasteiger charge is -2.29. The molecule has 282 valence electrons. The number of hydrogen-bond donors (Lipinski definition) is 2. The van der Waals surface area contributed by atoms with Gasteiger partial charge in [-0.05, 0) is 70.2 Å². The van der Waals surface area contributed by atoms with Gasteiger partial charge in [0.05, 0.1) is 6.61 Å². The Kier molecular flexibility index (Phi) is 11.1. The fourth-order valence-corrected chi connectivity index (χ4v) is 7.39. The molecule has 3 saturated heterocycles. The largest absolute Gasteiger partial charge is 0.460 e. The van der Waals surface area contributed by atoms with Gasteiger partial charge in [0.2, 0.25) is 5.91 Å². The van der Waals surface area contributed by atoms with Gasteiger partial charge in [-0.1, -0.05) is 61.2 Å². The molecule has 2 aromatic rings. The standard InChI is InChI=1S/C39H50N2O11/c1-8-19-45-35(43)28(41-36(44)46-21-27-25-15-11-9-13-23(25)24-14-10-12-16-26(24)27)17-18-31(42)40-20-29-32(50-38(4,5)48-29)34-33(51-39(6,7)52-34)30-22-47-37(2,3)49-30/h8-16,27-30,32-34H,1,17-22H2,2-7H3,(H,40,42)(H,41,44). The van der Waals surface area contributed by atoms with Gasteiger partial charge in [0.15, 0.2) is 17.4 Å². The second-order valence-electron chi connectivity index (χ2n) is 14.9. The second kappa shape index (κ2) is 15.2. The first kappa shape index (κ1) is 37.9. The SMILES string of the molecule is C=CCOC(=O)C(CCC(=O)NCC1OC(C)(C)OC1C1OC(C)(C)OC1C1COC(C)(C)O1)NC(=O)OCC1c2ccccc2-c2ccccc21. The molecule has 6 atom stereocenters. The smallest absolute Gasteiger partial charge is 0.407 e. The monoisotopic (exact) mass is 722 g/mol. The highest BCUT2D eigenvalue weighted by atomic mass is 16.8. The van der Waals surface area contributed by atoms with E-state index in [1.165, 1.54) is 6.08 Å².